The van der Waals surface area contributed by atoms with Gasteiger partial charge in [0, 0.05) is 6.54 Å². The Hall–Kier alpha value is -1.93. The fraction of sp³-hybridized carbons (Fsp3) is 0.429. The van der Waals surface area contributed by atoms with Crippen LogP contribution in [0.15, 0.2) is 23.0 Å². The molecule has 2 heterocycles. The topological polar surface area (TPSA) is 163 Å². The number of nitrogens with zero attached hydrogens (tertiary/aromatic N) is 4. The minimum absolute atomic E-state index is 0.143. The van der Waals surface area contributed by atoms with E-state index in [9.17, 15) is 20.7 Å². The molecule has 0 unspecified atom stereocenters. The molecule has 0 aromatic carbocycles. The minimum Gasteiger partial charge on any atom is -0.249 e. The Morgan fingerprint density at radius 2 is 1.62 bits per heavy atom. The maximum Gasteiger partial charge on any atom is 0.367 e. The van der Waals surface area contributed by atoms with Gasteiger partial charge in [-0.15, -0.1) is 0 Å². The van der Waals surface area contributed by atoms with Gasteiger partial charge in [0.25, 0.3) is 20.3 Å². The van der Waals surface area contributed by atoms with Gasteiger partial charge in [-0.25, -0.2) is 33.3 Å². The molecular formula is C7H12FN7O4S2. The first-order chi connectivity index (χ1) is 9.77. The Kier molecular flexibility index (Phi) is 5.86. The van der Waals surface area contributed by atoms with Crippen LogP contribution in [0.1, 0.15) is 13.3 Å². The van der Waals surface area contributed by atoms with Crippen molar-refractivity contribution in [2.45, 2.75) is 23.7 Å². The van der Waals surface area contributed by atoms with Crippen LogP contribution in [0.4, 0.5) is 3.89 Å². The number of halogens is 1. The predicted molar refractivity (Wildman–Crippen MR) is 66.5 cm³/mol. The molecule has 0 saturated heterocycles. The van der Waals surface area contributed by atoms with E-state index >= 15 is 0 Å². The van der Waals surface area contributed by atoms with Crippen LogP contribution in [0, 0.1) is 0 Å². The van der Waals surface area contributed by atoms with Crippen molar-refractivity contribution >= 4 is 20.2 Å². The summed E-state index contributed by atoms with van der Waals surface area (Å²) in [5.74, 6) is 0. The van der Waals surface area contributed by atoms with Gasteiger partial charge in [-0.05, 0) is 6.42 Å². The first-order valence-electron chi connectivity index (χ1n) is 5.42. The Bertz CT molecular complexity index is 726. The van der Waals surface area contributed by atoms with Gasteiger partial charge in [-0.1, -0.05) is 10.8 Å². The maximum atomic E-state index is 11.8. The van der Waals surface area contributed by atoms with Crippen LogP contribution < -0.4 is 4.72 Å². The average molecular weight is 341 g/mol. The van der Waals surface area contributed by atoms with Crippen LogP contribution in [0.3, 0.4) is 0 Å². The SMILES string of the molecule is CCCNS(=O)(=O)c1ncn[nH]1.O=S(=O)(F)c1ncn[nH]1. The van der Waals surface area contributed by atoms with E-state index in [0.717, 1.165) is 19.1 Å². The second kappa shape index (κ2) is 7.19. The lowest BCUT2D eigenvalue weighted by molar-refractivity contribution is 0.542. The van der Waals surface area contributed by atoms with E-state index in [4.69, 9.17) is 0 Å². The molecule has 0 aliphatic carbocycles. The molecule has 2 rings (SSSR count). The lowest BCUT2D eigenvalue weighted by Gasteiger charge is -1.99. The van der Waals surface area contributed by atoms with E-state index in [1.165, 1.54) is 0 Å². The maximum absolute atomic E-state index is 11.8. The molecule has 2 aromatic rings. The lowest BCUT2D eigenvalue weighted by atomic mass is 10.5. The number of hydrogen-bond acceptors (Lipinski definition) is 8. The average Bonchev–Trinajstić information content (AvgIpc) is 3.08. The summed E-state index contributed by atoms with van der Waals surface area (Å²) >= 11 is 0. The molecule has 0 bridgehead atoms. The third-order valence-corrected chi connectivity index (χ3v) is 3.76. The molecule has 0 atom stereocenters. The third kappa shape index (κ3) is 5.52. The van der Waals surface area contributed by atoms with E-state index in [-0.39, 0.29) is 5.16 Å². The van der Waals surface area contributed by atoms with Crippen LogP contribution in [-0.2, 0) is 20.2 Å². The number of aromatic nitrogens is 6. The normalized spacial score (nSPS) is 11.7. The largest absolute Gasteiger partial charge is 0.367 e. The smallest absolute Gasteiger partial charge is 0.249 e. The second-order valence-corrected chi connectivity index (χ2v) is 6.36. The van der Waals surface area contributed by atoms with Crippen molar-refractivity contribution in [2.24, 2.45) is 0 Å². The second-order valence-electron chi connectivity index (χ2n) is 3.42. The Morgan fingerprint density at radius 1 is 1.10 bits per heavy atom. The van der Waals surface area contributed by atoms with E-state index in [2.05, 4.69) is 30.0 Å². The summed E-state index contributed by atoms with van der Waals surface area (Å²) in [4.78, 5) is 6.58. The number of H-pyrrole nitrogens is 2. The third-order valence-electron chi connectivity index (χ3n) is 1.81. The summed E-state index contributed by atoms with van der Waals surface area (Å²) in [5.41, 5.74) is 0. The lowest BCUT2D eigenvalue weighted by Crippen LogP contribution is -2.25. The van der Waals surface area contributed by atoms with Crippen LogP contribution in [0.5, 0.6) is 0 Å². The molecule has 0 fully saturated rings. The van der Waals surface area contributed by atoms with E-state index in [1.807, 2.05) is 12.0 Å². The van der Waals surface area contributed by atoms with Gasteiger partial charge in [0.15, 0.2) is 0 Å². The highest BCUT2D eigenvalue weighted by atomic mass is 32.3. The summed E-state index contributed by atoms with van der Waals surface area (Å²) in [6.45, 7) is 2.28. The highest BCUT2D eigenvalue weighted by molar-refractivity contribution is 7.89. The van der Waals surface area contributed by atoms with Crippen LogP contribution in [-0.4, -0.2) is 53.7 Å². The van der Waals surface area contributed by atoms with Crippen molar-refractivity contribution in [3.8, 4) is 0 Å². The first kappa shape index (κ1) is 17.1. The van der Waals surface area contributed by atoms with Crippen molar-refractivity contribution in [3.63, 3.8) is 0 Å². The number of aromatic amines is 2. The summed E-state index contributed by atoms with van der Waals surface area (Å²) < 4.78 is 56.3. The van der Waals surface area contributed by atoms with Crippen LogP contribution >= 0.6 is 0 Å². The van der Waals surface area contributed by atoms with Gasteiger partial charge < -0.3 is 0 Å². The number of nitrogens with one attached hydrogen (secondary N) is 3. The molecule has 0 amide bonds. The molecule has 0 aliphatic rings. The Balaban J connectivity index is 0.000000219. The fourth-order valence-electron chi connectivity index (χ4n) is 0.940. The molecule has 0 radical (unpaired) electrons. The predicted octanol–water partition coefficient (Wildman–Crippen LogP) is -1.04. The first-order valence-corrected chi connectivity index (χ1v) is 8.29. The van der Waals surface area contributed by atoms with Crippen molar-refractivity contribution in [1.29, 1.82) is 0 Å². The molecular weight excluding hydrogens is 329 g/mol. The zero-order valence-corrected chi connectivity index (χ0v) is 12.3. The fourth-order valence-corrected chi connectivity index (χ4v) is 2.24. The molecule has 0 spiro atoms. The molecule has 21 heavy (non-hydrogen) atoms. The summed E-state index contributed by atoms with van der Waals surface area (Å²) in [6, 6.07) is 0. The standard InChI is InChI=1S/C5H10N4O2S.C2H2FN3O2S/c1-2-3-8-12(10,11)5-6-4-7-9-5;3-9(7,8)2-4-1-5-6-2/h4,8H,2-3H2,1H3,(H,6,7,9);1H,(H,4,5,6). The van der Waals surface area contributed by atoms with E-state index in [0.29, 0.717) is 6.54 Å². The summed E-state index contributed by atoms with van der Waals surface area (Å²) in [5, 5.41) is 9.80. The van der Waals surface area contributed by atoms with Gasteiger partial charge in [0.2, 0.25) is 0 Å². The van der Waals surface area contributed by atoms with E-state index in [1.54, 1.807) is 0 Å². The quantitative estimate of drug-likeness (QED) is 0.580. The molecule has 2 aromatic heterocycles. The monoisotopic (exact) mass is 341 g/mol. The Labute approximate surface area is 119 Å². The zero-order valence-electron chi connectivity index (χ0n) is 10.7. The number of sulfonamides is 1. The van der Waals surface area contributed by atoms with Crippen molar-refractivity contribution in [2.75, 3.05) is 6.54 Å². The van der Waals surface area contributed by atoms with Crippen molar-refractivity contribution in [1.82, 2.24) is 35.1 Å². The molecule has 14 heteroatoms. The van der Waals surface area contributed by atoms with Crippen molar-refractivity contribution in [3.05, 3.63) is 12.7 Å². The highest BCUT2D eigenvalue weighted by Crippen LogP contribution is 2.00. The number of rotatable bonds is 5. The molecule has 0 aliphatic heterocycles. The van der Waals surface area contributed by atoms with Gasteiger partial charge in [-0.3, -0.25) is 0 Å². The van der Waals surface area contributed by atoms with Crippen LogP contribution in [0.2, 0.25) is 0 Å². The van der Waals surface area contributed by atoms with Crippen molar-refractivity contribution < 1.29 is 20.7 Å². The van der Waals surface area contributed by atoms with Gasteiger partial charge in [0.1, 0.15) is 12.7 Å². The van der Waals surface area contributed by atoms with Gasteiger partial charge >= 0.3 is 10.2 Å². The molecule has 0 saturated carbocycles. The Morgan fingerprint density at radius 3 is 1.95 bits per heavy atom. The van der Waals surface area contributed by atoms with E-state index < -0.39 is 25.4 Å². The van der Waals surface area contributed by atoms with Crippen LogP contribution in [0.25, 0.3) is 0 Å². The zero-order chi connectivity index (χ0) is 15.9. The molecule has 3 N–H and O–H groups in total. The molecule has 11 nitrogen and oxygen atoms in total. The number of hydrogen-bond donors (Lipinski definition) is 3. The van der Waals surface area contributed by atoms with Gasteiger partial charge in [-0.2, -0.15) is 18.6 Å². The summed E-state index contributed by atoms with van der Waals surface area (Å²) in [6.07, 6.45) is 2.81. The van der Waals surface area contributed by atoms with Gasteiger partial charge in [0.05, 0.1) is 0 Å². The molecule has 118 valence electrons. The minimum atomic E-state index is -4.69. The highest BCUT2D eigenvalue weighted by Gasteiger charge is 2.15. The summed E-state index contributed by atoms with van der Waals surface area (Å²) in [7, 11) is -8.15.